The lowest BCUT2D eigenvalue weighted by molar-refractivity contribution is -0.137. The standard InChI is InChI=1S/C16H17F3N2/c1-11-2-8-14(9-3-11)21-15(10-20)12-4-6-13(7-5-12)16(17,18)19/h2-9,15,21H,10,20H2,1H3. The van der Waals surface area contributed by atoms with Gasteiger partial charge in [0.1, 0.15) is 0 Å². The van der Waals surface area contributed by atoms with Crippen molar-refractivity contribution in [1.82, 2.24) is 0 Å². The second-order valence-electron chi connectivity index (χ2n) is 4.92. The molecule has 0 aliphatic carbocycles. The zero-order valence-corrected chi connectivity index (χ0v) is 11.6. The highest BCUT2D eigenvalue weighted by molar-refractivity contribution is 5.47. The molecule has 0 amide bonds. The molecule has 3 N–H and O–H groups in total. The summed E-state index contributed by atoms with van der Waals surface area (Å²) in [5.41, 5.74) is 7.82. The van der Waals surface area contributed by atoms with Crippen molar-refractivity contribution in [2.45, 2.75) is 19.1 Å². The summed E-state index contributed by atoms with van der Waals surface area (Å²) >= 11 is 0. The van der Waals surface area contributed by atoms with E-state index in [2.05, 4.69) is 5.32 Å². The Balaban J connectivity index is 2.15. The summed E-state index contributed by atoms with van der Waals surface area (Å²) in [5, 5.41) is 3.22. The van der Waals surface area contributed by atoms with Crippen LogP contribution in [0.2, 0.25) is 0 Å². The second kappa shape index (κ2) is 6.18. The van der Waals surface area contributed by atoms with Crippen LogP contribution >= 0.6 is 0 Å². The van der Waals surface area contributed by atoms with Crippen LogP contribution in [0.3, 0.4) is 0 Å². The first-order chi connectivity index (χ1) is 9.90. The molecule has 1 atom stereocenters. The van der Waals surface area contributed by atoms with Crippen LogP contribution in [0, 0.1) is 6.92 Å². The molecular weight excluding hydrogens is 277 g/mol. The highest BCUT2D eigenvalue weighted by Crippen LogP contribution is 2.30. The van der Waals surface area contributed by atoms with Crippen LogP contribution in [-0.4, -0.2) is 6.54 Å². The molecule has 2 nitrogen and oxygen atoms in total. The van der Waals surface area contributed by atoms with Gasteiger partial charge in [0.2, 0.25) is 0 Å². The van der Waals surface area contributed by atoms with E-state index < -0.39 is 11.7 Å². The average molecular weight is 294 g/mol. The Morgan fingerprint density at radius 3 is 2.05 bits per heavy atom. The summed E-state index contributed by atoms with van der Waals surface area (Å²) in [7, 11) is 0. The molecule has 0 fully saturated rings. The number of nitrogens with one attached hydrogen (secondary N) is 1. The summed E-state index contributed by atoms with van der Waals surface area (Å²) in [5.74, 6) is 0. The number of halogens is 3. The molecule has 0 heterocycles. The number of hydrogen-bond acceptors (Lipinski definition) is 2. The highest BCUT2D eigenvalue weighted by Gasteiger charge is 2.30. The SMILES string of the molecule is Cc1ccc(NC(CN)c2ccc(C(F)(F)F)cc2)cc1. The van der Waals surface area contributed by atoms with Crippen LogP contribution < -0.4 is 11.1 Å². The lowest BCUT2D eigenvalue weighted by atomic mass is 10.0. The molecule has 0 bridgehead atoms. The molecule has 0 aromatic heterocycles. The summed E-state index contributed by atoms with van der Waals surface area (Å²) in [6.45, 7) is 2.28. The molecule has 0 spiro atoms. The predicted molar refractivity (Wildman–Crippen MR) is 78.0 cm³/mol. The quantitative estimate of drug-likeness (QED) is 0.890. The van der Waals surface area contributed by atoms with Gasteiger partial charge in [-0.2, -0.15) is 13.2 Å². The first-order valence-electron chi connectivity index (χ1n) is 6.60. The average Bonchev–Trinajstić information content (AvgIpc) is 2.46. The van der Waals surface area contributed by atoms with Crippen LogP contribution in [0.15, 0.2) is 48.5 Å². The Morgan fingerprint density at radius 1 is 1.00 bits per heavy atom. The van der Waals surface area contributed by atoms with Crippen LogP contribution in [0.4, 0.5) is 18.9 Å². The lowest BCUT2D eigenvalue weighted by Crippen LogP contribution is -2.20. The number of aryl methyl sites for hydroxylation is 1. The van der Waals surface area contributed by atoms with Gasteiger partial charge in [0.15, 0.2) is 0 Å². The van der Waals surface area contributed by atoms with E-state index in [0.717, 1.165) is 28.9 Å². The van der Waals surface area contributed by atoms with Gasteiger partial charge in [-0.25, -0.2) is 0 Å². The van der Waals surface area contributed by atoms with Crippen LogP contribution in [-0.2, 0) is 6.18 Å². The summed E-state index contributed by atoms with van der Waals surface area (Å²) < 4.78 is 37.6. The molecule has 2 rings (SSSR count). The molecule has 0 saturated heterocycles. The molecular formula is C16H17F3N2. The van der Waals surface area contributed by atoms with E-state index in [-0.39, 0.29) is 6.04 Å². The molecule has 1 unspecified atom stereocenters. The fraction of sp³-hybridized carbons (Fsp3) is 0.250. The Bertz CT molecular complexity index is 574. The van der Waals surface area contributed by atoms with Crippen molar-refractivity contribution >= 4 is 5.69 Å². The van der Waals surface area contributed by atoms with Crippen molar-refractivity contribution in [2.75, 3.05) is 11.9 Å². The van der Waals surface area contributed by atoms with Crippen LogP contribution in [0.1, 0.15) is 22.7 Å². The molecule has 21 heavy (non-hydrogen) atoms. The number of nitrogens with two attached hydrogens (primary N) is 1. The smallest absolute Gasteiger partial charge is 0.377 e. The van der Waals surface area contributed by atoms with E-state index in [4.69, 9.17) is 5.73 Å². The van der Waals surface area contributed by atoms with E-state index in [1.54, 1.807) is 0 Å². The number of benzene rings is 2. The monoisotopic (exact) mass is 294 g/mol. The highest BCUT2D eigenvalue weighted by atomic mass is 19.4. The van der Waals surface area contributed by atoms with Gasteiger partial charge in [-0.15, -0.1) is 0 Å². The third kappa shape index (κ3) is 3.98. The van der Waals surface area contributed by atoms with Crippen molar-refractivity contribution in [3.63, 3.8) is 0 Å². The Labute approximate surface area is 121 Å². The Kier molecular flexibility index (Phi) is 4.53. The lowest BCUT2D eigenvalue weighted by Gasteiger charge is -2.19. The summed E-state index contributed by atoms with van der Waals surface area (Å²) in [6, 6.07) is 12.6. The van der Waals surface area contributed by atoms with Gasteiger partial charge in [0.25, 0.3) is 0 Å². The molecule has 0 aliphatic heterocycles. The predicted octanol–water partition coefficient (Wildman–Crippen LogP) is 4.13. The minimum absolute atomic E-state index is 0.227. The number of hydrogen-bond donors (Lipinski definition) is 2. The maximum Gasteiger partial charge on any atom is 0.416 e. The van der Waals surface area contributed by atoms with Gasteiger partial charge in [0, 0.05) is 12.2 Å². The zero-order valence-electron chi connectivity index (χ0n) is 11.6. The van der Waals surface area contributed by atoms with E-state index >= 15 is 0 Å². The number of anilines is 1. The van der Waals surface area contributed by atoms with Crippen molar-refractivity contribution < 1.29 is 13.2 Å². The van der Waals surface area contributed by atoms with E-state index in [1.807, 2.05) is 31.2 Å². The first-order valence-corrected chi connectivity index (χ1v) is 6.60. The van der Waals surface area contributed by atoms with Crippen LogP contribution in [0.25, 0.3) is 0 Å². The molecule has 0 aliphatic rings. The third-order valence-electron chi connectivity index (χ3n) is 3.27. The van der Waals surface area contributed by atoms with Gasteiger partial charge in [0.05, 0.1) is 11.6 Å². The fourth-order valence-corrected chi connectivity index (χ4v) is 2.03. The van der Waals surface area contributed by atoms with E-state index in [0.29, 0.717) is 6.54 Å². The van der Waals surface area contributed by atoms with E-state index in [9.17, 15) is 13.2 Å². The van der Waals surface area contributed by atoms with Gasteiger partial charge in [-0.05, 0) is 36.8 Å². The van der Waals surface area contributed by atoms with E-state index in [1.165, 1.54) is 12.1 Å². The molecule has 2 aromatic rings. The molecule has 0 saturated carbocycles. The maximum absolute atomic E-state index is 12.5. The molecule has 112 valence electrons. The minimum Gasteiger partial charge on any atom is -0.377 e. The Morgan fingerprint density at radius 2 is 1.57 bits per heavy atom. The molecule has 5 heteroatoms. The normalized spacial score (nSPS) is 13.0. The molecule has 0 radical (unpaired) electrons. The first kappa shape index (κ1) is 15.4. The van der Waals surface area contributed by atoms with Gasteiger partial charge >= 0.3 is 6.18 Å². The van der Waals surface area contributed by atoms with Gasteiger partial charge in [-0.1, -0.05) is 29.8 Å². The topological polar surface area (TPSA) is 38.0 Å². The molecule has 2 aromatic carbocycles. The maximum atomic E-state index is 12.5. The fourth-order valence-electron chi connectivity index (χ4n) is 2.03. The summed E-state index contributed by atoms with van der Waals surface area (Å²) in [4.78, 5) is 0. The van der Waals surface area contributed by atoms with Crippen LogP contribution in [0.5, 0.6) is 0 Å². The summed E-state index contributed by atoms with van der Waals surface area (Å²) in [6.07, 6.45) is -4.32. The van der Waals surface area contributed by atoms with Crippen molar-refractivity contribution in [3.05, 3.63) is 65.2 Å². The Hall–Kier alpha value is -2.01. The van der Waals surface area contributed by atoms with Gasteiger partial charge in [-0.3, -0.25) is 0 Å². The van der Waals surface area contributed by atoms with Crippen molar-refractivity contribution in [2.24, 2.45) is 5.73 Å². The van der Waals surface area contributed by atoms with Gasteiger partial charge < -0.3 is 11.1 Å². The van der Waals surface area contributed by atoms with Crippen molar-refractivity contribution in [1.29, 1.82) is 0 Å². The minimum atomic E-state index is -4.32. The second-order valence-corrected chi connectivity index (χ2v) is 4.92. The largest absolute Gasteiger partial charge is 0.416 e. The zero-order chi connectivity index (χ0) is 15.5. The number of rotatable bonds is 4. The third-order valence-corrected chi connectivity index (χ3v) is 3.27. The number of alkyl halides is 3. The van der Waals surface area contributed by atoms with Crippen molar-refractivity contribution in [3.8, 4) is 0 Å².